The van der Waals surface area contributed by atoms with E-state index < -0.39 is 5.69 Å². The molecule has 0 aliphatic heterocycles. The summed E-state index contributed by atoms with van der Waals surface area (Å²) in [5, 5.41) is 0.369. The van der Waals surface area contributed by atoms with Crippen molar-refractivity contribution in [3.63, 3.8) is 0 Å². The third-order valence-electron chi connectivity index (χ3n) is 4.71. The lowest BCUT2D eigenvalue weighted by atomic mass is 10.1. The molecule has 1 N–H and O–H groups in total. The topological polar surface area (TPSA) is 84.4 Å². The van der Waals surface area contributed by atoms with Gasteiger partial charge in [-0.25, -0.2) is 4.79 Å². The molecule has 7 nitrogen and oxygen atoms in total. The summed E-state index contributed by atoms with van der Waals surface area (Å²) in [7, 11) is 1.60. The van der Waals surface area contributed by atoms with Crippen LogP contribution in [0.15, 0.2) is 64.7 Å². The van der Waals surface area contributed by atoms with Crippen LogP contribution >= 0.6 is 0 Å². The number of nitrogens with one attached hydrogen (secondary N) is 1. The quantitative estimate of drug-likeness (QED) is 0.625. The molecule has 0 saturated heterocycles. The Labute approximate surface area is 167 Å². The first kappa shape index (κ1) is 20.1. The summed E-state index contributed by atoms with van der Waals surface area (Å²) in [4.78, 5) is 41.9. The van der Waals surface area contributed by atoms with E-state index in [1.165, 1.54) is 0 Å². The van der Waals surface area contributed by atoms with Gasteiger partial charge in [0.1, 0.15) is 5.75 Å². The molecule has 1 heterocycles. The third-order valence-corrected chi connectivity index (χ3v) is 4.71. The van der Waals surface area contributed by atoms with Gasteiger partial charge in [-0.1, -0.05) is 18.2 Å². The molecule has 0 unspecified atom stereocenters. The fraction of sp³-hybridized carbons (Fsp3) is 0.227. The number of carbonyl (C=O) groups is 1. The first-order valence-corrected chi connectivity index (χ1v) is 9.28. The number of aromatic amines is 1. The molecule has 150 valence electrons. The Morgan fingerprint density at radius 1 is 1.21 bits per heavy atom. The van der Waals surface area contributed by atoms with Crippen molar-refractivity contribution in [2.24, 2.45) is 0 Å². The summed E-state index contributed by atoms with van der Waals surface area (Å²) in [6, 6.07) is 12.2. The van der Waals surface area contributed by atoms with E-state index >= 15 is 0 Å². The zero-order valence-corrected chi connectivity index (χ0v) is 16.5. The van der Waals surface area contributed by atoms with Crippen LogP contribution in [0.1, 0.15) is 22.8 Å². The maximum absolute atomic E-state index is 13.1. The van der Waals surface area contributed by atoms with E-state index in [1.807, 2.05) is 24.3 Å². The number of hydrogen-bond acceptors (Lipinski definition) is 4. The smallest absolute Gasteiger partial charge is 0.328 e. The zero-order chi connectivity index (χ0) is 21.0. The summed E-state index contributed by atoms with van der Waals surface area (Å²) >= 11 is 0. The number of rotatable bonds is 7. The summed E-state index contributed by atoms with van der Waals surface area (Å²) in [6.45, 7) is 6.49. The average molecular weight is 393 g/mol. The van der Waals surface area contributed by atoms with Crippen LogP contribution in [-0.4, -0.2) is 34.0 Å². The van der Waals surface area contributed by atoms with Crippen molar-refractivity contribution in [1.82, 2.24) is 14.5 Å². The lowest BCUT2D eigenvalue weighted by Crippen LogP contribution is -2.34. The van der Waals surface area contributed by atoms with Crippen molar-refractivity contribution in [1.29, 1.82) is 0 Å². The van der Waals surface area contributed by atoms with Gasteiger partial charge < -0.3 is 14.6 Å². The standard InChI is InChI=1S/C22H23N3O4/c1-4-12-24(14-15-6-9-17(29-3)10-7-15)20(26)16-8-11-18-19(13-16)23-22(28)25(5-2)21(18)27/h4,6-11,13H,1,5,12,14H2,2-3H3,(H,23,28). The van der Waals surface area contributed by atoms with Gasteiger partial charge in [-0.2, -0.15) is 0 Å². The fourth-order valence-electron chi connectivity index (χ4n) is 3.18. The molecule has 0 atom stereocenters. The van der Waals surface area contributed by atoms with Gasteiger partial charge in [0.25, 0.3) is 11.5 Å². The zero-order valence-electron chi connectivity index (χ0n) is 16.5. The van der Waals surface area contributed by atoms with Crippen molar-refractivity contribution >= 4 is 16.8 Å². The molecule has 0 aliphatic carbocycles. The highest BCUT2D eigenvalue weighted by Crippen LogP contribution is 2.16. The molecule has 0 bridgehead atoms. The number of nitrogens with zero attached hydrogens (tertiary/aromatic N) is 2. The highest BCUT2D eigenvalue weighted by Gasteiger charge is 2.17. The van der Waals surface area contributed by atoms with E-state index in [-0.39, 0.29) is 18.0 Å². The second-order valence-corrected chi connectivity index (χ2v) is 6.56. The first-order valence-electron chi connectivity index (χ1n) is 9.28. The van der Waals surface area contributed by atoms with E-state index in [4.69, 9.17) is 4.74 Å². The molecule has 1 amide bonds. The van der Waals surface area contributed by atoms with E-state index in [9.17, 15) is 14.4 Å². The molecule has 0 aliphatic rings. The number of carbonyl (C=O) groups excluding carboxylic acids is 1. The Balaban J connectivity index is 1.94. The molecule has 0 saturated carbocycles. The number of ether oxygens (including phenoxy) is 1. The number of fused-ring (bicyclic) bond motifs is 1. The van der Waals surface area contributed by atoms with Gasteiger partial charge in [0.15, 0.2) is 0 Å². The van der Waals surface area contributed by atoms with Crippen LogP contribution in [0, 0.1) is 0 Å². The van der Waals surface area contributed by atoms with E-state index in [2.05, 4.69) is 11.6 Å². The van der Waals surface area contributed by atoms with Gasteiger partial charge in [-0.05, 0) is 42.8 Å². The lowest BCUT2D eigenvalue weighted by Gasteiger charge is -2.21. The molecular formula is C22H23N3O4. The normalized spacial score (nSPS) is 10.7. The highest BCUT2D eigenvalue weighted by atomic mass is 16.5. The lowest BCUT2D eigenvalue weighted by molar-refractivity contribution is 0.0763. The Bertz CT molecular complexity index is 1160. The fourth-order valence-corrected chi connectivity index (χ4v) is 3.18. The minimum Gasteiger partial charge on any atom is -0.497 e. The van der Waals surface area contributed by atoms with Crippen LogP contribution < -0.4 is 16.0 Å². The van der Waals surface area contributed by atoms with Gasteiger partial charge in [0, 0.05) is 25.2 Å². The molecule has 29 heavy (non-hydrogen) atoms. The third kappa shape index (κ3) is 4.13. The average Bonchev–Trinajstić information content (AvgIpc) is 2.73. The maximum Gasteiger partial charge on any atom is 0.328 e. The second-order valence-electron chi connectivity index (χ2n) is 6.56. The monoisotopic (exact) mass is 393 g/mol. The molecule has 2 aromatic carbocycles. The molecule has 1 aromatic heterocycles. The van der Waals surface area contributed by atoms with Gasteiger partial charge >= 0.3 is 5.69 Å². The van der Waals surface area contributed by atoms with Crippen molar-refractivity contribution < 1.29 is 9.53 Å². The highest BCUT2D eigenvalue weighted by molar-refractivity contribution is 5.97. The second kappa shape index (κ2) is 8.60. The van der Waals surface area contributed by atoms with Crippen molar-refractivity contribution in [2.45, 2.75) is 20.0 Å². The van der Waals surface area contributed by atoms with Crippen molar-refractivity contribution in [3.8, 4) is 5.75 Å². The van der Waals surface area contributed by atoms with Crippen molar-refractivity contribution in [2.75, 3.05) is 13.7 Å². The minimum absolute atomic E-state index is 0.219. The van der Waals surface area contributed by atoms with Crippen LogP contribution in [0.3, 0.4) is 0 Å². The maximum atomic E-state index is 13.1. The van der Waals surface area contributed by atoms with Crippen LogP contribution in [0.4, 0.5) is 0 Å². The van der Waals surface area contributed by atoms with Crippen LogP contribution in [-0.2, 0) is 13.1 Å². The number of benzene rings is 2. The first-order chi connectivity index (χ1) is 14.0. The summed E-state index contributed by atoms with van der Waals surface area (Å²) in [5.74, 6) is 0.523. The molecule has 3 aromatic rings. The number of methoxy groups -OCH3 is 1. The molecule has 0 spiro atoms. The predicted molar refractivity (Wildman–Crippen MR) is 112 cm³/mol. The largest absolute Gasteiger partial charge is 0.497 e. The van der Waals surface area contributed by atoms with Gasteiger partial charge in [-0.3, -0.25) is 14.2 Å². The summed E-state index contributed by atoms with van der Waals surface area (Å²) < 4.78 is 6.28. The van der Waals surface area contributed by atoms with Gasteiger partial charge in [0.05, 0.1) is 18.0 Å². The number of H-pyrrole nitrogens is 1. The Kier molecular flexibility index (Phi) is 5.97. The summed E-state index contributed by atoms with van der Waals surface area (Å²) in [6.07, 6.45) is 1.66. The SMILES string of the molecule is C=CCN(Cc1ccc(OC)cc1)C(=O)c1ccc2c(=O)n(CC)c(=O)[nH]c2c1. The van der Waals surface area contributed by atoms with Crippen molar-refractivity contribution in [3.05, 3.63) is 87.1 Å². The Morgan fingerprint density at radius 3 is 2.55 bits per heavy atom. The Hall–Kier alpha value is -3.61. The molecular weight excluding hydrogens is 370 g/mol. The van der Waals surface area contributed by atoms with E-state index in [0.717, 1.165) is 15.9 Å². The van der Waals surface area contributed by atoms with Crippen LogP contribution in [0.2, 0.25) is 0 Å². The Morgan fingerprint density at radius 2 is 1.93 bits per heavy atom. The predicted octanol–water partition coefficient (Wildman–Crippen LogP) is 2.55. The van der Waals surface area contributed by atoms with E-state index in [1.54, 1.807) is 43.2 Å². The molecule has 0 radical (unpaired) electrons. The number of hydrogen-bond donors (Lipinski definition) is 1. The molecule has 0 fully saturated rings. The van der Waals surface area contributed by atoms with Gasteiger partial charge in [0.2, 0.25) is 0 Å². The van der Waals surface area contributed by atoms with Gasteiger partial charge in [-0.15, -0.1) is 6.58 Å². The van der Waals surface area contributed by atoms with Crippen LogP contribution in [0.25, 0.3) is 10.9 Å². The number of aromatic nitrogens is 2. The van der Waals surface area contributed by atoms with Crippen LogP contribution in [0.5, 0.6) is 5.75 Å². The minimum atomic E-state index is -0.490. The number of amides is 1. The summed E-state index contributed by atoms with van der Waals surface area (Å²) in [5.41, 5.74) is 0.818. The molecule has 3 rings (SSSR count). The van der Waals surface area contributed by atoms with E-state index in [0.29, 0.717) is 29.6 Å². The molecule has 7 heteroatoms.